The van der Waals surface area contributed by atoms with Gasteiger partial charge in [-0.05, 0) is 48.8 Å². The molecule has 0 amide bonds. The molecule has 0 bridgehead atoms. The van der Waals surface area contributed by atoms with Gasteiger partial charge in [-0.3, -0.25) is 0 Å². The fraction of sp³-hybridized carbons (Fsp3) is 0.714. The quantitative estimate of drug-likeness (QED) is 0.725. The average molecular weight is 393 g/mol. The summed E-state index contributed by atoms with van der Waals surface area (Å²) in [6, 6.07) is 6.72. The van der Waals surface area contributed by atoms with Gasteiger partial charge in [0.25, 0.3) is 0 Å². The van der Waals surface area contributed by atoms with E-state index in [-0.39, 0.29) is 5.04 Å². The van der Waals surface area contributed by atoms with Crippen LogP contribution in [-0.2, 0) is 11.0 Å². The molecule has 1 aromatic rings. The summed E-state index contributed by atoms with van der Waals surface area (Å²) in [5.41, 5.74) is 1.24. The summed E-state index contributed by atoms with van der Waals surface area (Å²) in [4.78, 5) is 0. The van der Waals surface area contributed by atoms with Gasteiger partial charge in [-0.2, -0.15) is 0 Å². The summed E-state index contributed by atoms with van der Waals surface area (Å²) < 4.78 is 17.8. The van der Waals surface area contributed by atoms with E-state index in [1.54, 1.807) is 0 Å². The largest absolute Gasteiger partial charge is 0.486 e. The summed E-state index contributed by atoms with van der Waals surface area (Å²) >= 11 is 0. The molecule has 2 aliphatic rings. The molecule has 1 saturated heterocycles. The number of piperidine rings is 1. The van der Waals surface area contributed by atoms with Crippen LogP contribution in [0.2, 0.25) is 18.1 Å². The van der Waals surface area contributed by atoms with Crippen LogP contribution in [0.15, 0.2) is 18.2 Å². The van der Waals surface area contributed by atoms with Crippen LogP contribution in [0.3, 0.4) is 0 Å². The van der Waals surface area contributed by atoms with Gasteiger partial charge in [0, 0.05) is 31.7 Å². The van der Waals surface area contributed by atoms with Crippen molar-refractivity contribution in [3.05, 3.63) is 23.8 Å². The smallest absolute Gasteiger partial charge is 0.191 e. The zero-order valence-electron chi connectivity index (χ0n) is 17.6. The molecule has 0 saturated carbocycles. The van der Waals surface area contributed by atoms with Crippen LogP contribution in [0, 0.1) is 5.92 Å². The van der Waals surface area contributed by atoms with Crippen LogP contribution in [0.1, 0.15) is 32.8 Å². The predicted molar refractivity (Wildman–Crippen MR) is 112 cm³/mol. The lowest BCUT2D eigenvalue weighted by molar-refractivity contribution is 0.165. The molecule has 152 valence electrons. The monoisotopic (exact) mass is 392 g/mol. The van der Waals surface area contributed by atoms with Crippen molar-refractivity contribution >= 4 is 8.32 Å². The van der Waals surface area contributed by atoms with Gasteiger partial charge in [-0.15, -0.1) is 0 Å². The minimum absolute atomic E-state index is 0.253. The van der Waals surface area contributed by atoms with E-state index in [1.807, 2.05) is 6.07 Å². The first-order valence-corrected chi connectivity index (χ1v) is 13.1. The van der Waals surface area contributed by atoms with E-state index in [4.69, 9.17) is 13.9 Å². The predicted octanol–water partition coefficient (Wildman–Crippen LogP) is 3.55. The molecule has 0 spiro atoms. The maximum absolute atomic E-state index is 6.51. The van der Waals surface area contributed by atoms with Crippen LogP contribution in [-0.4, -0.2) is 47.3 Å². The number of benzene rings is 1. The molecule has 1 aromatic carbocycles. The maximum atomic E-state index is 6.51. The van der Waals surface area contributed by atoms with Gasteiger partial charge in [0.2, 0.25) is 0 Å². The van der Waals surface area contributed by atoms with Gasteiger partial charge in [-0.25, -0.2) is 0 Å². The molecule has 0 aromatic heterocycles. The Balaban J connectivity index is 1.56. The highest BCUT2D eigenvalue weighted by molar-refractivity contribution is 6.74. The second-order valence-electron chi connectivity index (χ2n) is 9.29. The van der Waals surface area contributed by atoms with Crippen LogP contribution in [0.5, 0.6) is 11.5 Å². The molecule has 0 aliphatic carbocycles. The van der Waals surface area contributed by atoms with Crippen molar-refractivity contribution in [1.29, 1.82) is 0 Å². The zero-order chi connectivity index (χ0) is 19.5. The second kappa shape index (κ2) is 8.51. The molecule has 27 heavy (non-hydrogen) atoms. The van der Waals surface area contributed by atoms with E-state index in [0.717, 1.165) is 44.2 Å². The first-order valence-electron chi connectivity index (χ1n) is 10.2. The SMILES string of the molecule is CC(C)(C)[Si](C)(C)OCC1CNCCC1NCc1ccc2c(c1)OCCO2. The normalized spacial score (nSPS) is 23.3. The molecule has 2 atom stereocenters. The first kappa shape index (κ1) is 20.6. The van der Waals surface area contributed by atoms with Crippen molar-refractivity contribution in [3.8, 4) is 11.5 Å². The lowest BCUT2D eigenvalue weighted by atomic mass is 9.94. The van der Waals surface area contributed by atoms with Crippen molar-refractivity contribution in [2.45, 2.75) is 57.9 Å². The van der Waals surface area contributed by atoms with Gasteiger partial charge >= 0.3 is 0 Å². The first-order chi connectivity index (χ1) is 12.8. The summed E-state index contributed by atoms with van der Waals surface area (Å²) in [5.74, 6) is 2.22. The van der Waals surface area contributed by atoms with Crippen LogP contribution < -0.4 is 20.1 Å². The number of rotatable bonds is 6. The van der Waals surface area contributed by atoms with E-state index < -0.39 is 8.32 Å². The minimum Gasteiger partial charge on any atom is -0.486 e. The second-order valence-corrected chi connectivity index (χ2v) is 14.1. The minimum atomic E-state index is -1.71. The zero-order valence-corrected chi connectivity index (χ0v) is 18.6. The third kappa shape index (κ3) is 5.25. The van der Waals surface area contributed by atoms with E-state index in [9.17, 15) is 0 Å². The molecule has 2 heterocycles. The van der Waals surface area contributed by atoms with Crippen LogP contribution in [0.4, 0.5) is 0 Å². The average Bonchev–Trinajstić information content (AvgIpc) is 2.64. The Morgan fingerprint density at radius 2 is 1.93 bits per heavy atom. The van der Waals surface area contributed by atoms with Gasteiger partial charge in [-0.1, -0.05) is 26.8 Å². The highest BCUT2D eigenvalue weighted by atomic mass is 28.4. The molecule has 1 fully saturated rings. The molecule has 2 N–H and O–H groups in total. The lowest BCUT2D eigenvalue weighted by Gasteiger charge is -2.40. The highest BCUT2D eigenvalue weighted by Crippen LogP contribution is 2.37. The Bertz CT molecular complexity index is 630. The Morgan fingerprint density at radius 1 is 1.19 bits per heavy atom. The fourth-order valence-corrected chi connectivity index (χ4v) is 4.41. The highest BCUT2D eigenvalue weighted by Gasteiger charge is 2.38. The third-order valence-corrected chi connectivity index (χ3v) is 10.7. The van der Waals surface area contributed by atoms with Crippen molar-refractivity contribution < 1.29 is 13.9 Å². The van der Waals surface area contributed by atoms with E-state index in [2.05, 4.69) is 56.6 Å². The summed E-state index contributed by atoms with van der Waals surface area (Å²) in [6.45, 7) is 16.6. The Kier molecular flexibility index (Phi) is 6.51. The number of fused-ring (bicyclic) bond motifs is 1. The molecule has 0 radical (unpaired) electrons. The molecule has 2 aliphatic heterocycles. The fourth-order valence-electron chi connectivity index (χ4n) is 3.35. The Morgan fingerprint density at radius 3 is 2.67 bits per heavy atom. The summed E-state index contributed by atoms with van der Waals surface area (Å²) in [7, 11) is -1.71. The molecule has 5 nitrogen and oxygen atoms in total. The van der Waals surface area contributed by atoms with E-state index >= 15 is 0 Å². The van der Waals surface area contributed by atoms with Crippen molar-refractivity contribution in [3.63, 3.8) is 0 Å². The van der Waals surface area contributed by atoms with Gasteiger partial charge in [0.1, 0.15) is 13.2 Å². The Hall–Kier alpha value is -1.08. The number of ether oxygens (including phenoxy) is 2. The van der Waals surface area contributed by atoms with Gasteiger partial charge in [0.15, 0.2) is 19.8 Å². The van der Waals surface area contributed by atoms with Crippen molar-refractivity contribution in [2.24, 2.45) is 5.92 Å². The van der Waals surface area contributed by atoms with Crippen molar-refractivity contribution in [2.75, 3.05) is 32.9 Å². The van der Waals surface area contributed by atoms with E-state index in [0.29, 0.717) is 25.2 Å². The Labute approximate surface area is 165 Å². The molecular weight excluding hydrogens is 356 g/mol. The van der Waals surface area contributed by atoms with Gasteiger partial charge < -0.3 is 24.5 Å². The summed E-state index contributed by atoms with van der Waals surface area (Å²) in [5, 5.41) is 7.56. The number of hydrogen-bond acceptors (Lipinski definition) is 5. The van der Waals surface area contributed by atoms with Crippen LogP contribution in [0.25, 0.3) is 0 Å². The van der Waals surface area contributed by atoms with Crippen LogP contribution >= 0.6 is 0 Å². The molecule has 3 rings (SSSR count). The third-order valence-electron chi connectivity index (χ3n) is 6.25. The lowest BCUT2D eigenvalue weighted by Crippen LogP contribution is -2.51. The molecular formula is C21H36N2O3Si. The maximum Gasteiger partial charge on any atom is 0.191 e. The number of hydrogen-bond donors (Lipinski definition) is 2. The standard InChI is InChI=1S/C21H36N2O3Si/c1-21(2,3)27(4,5)26-15-17-14-22-9-8-18(17)23-13-16-6-7-19-20(12-16)25-11-10-24-19/h6-7,12,17-18,22-23H,8-11,13-15H2,1-5H3. The molecule has 6 heteroatoms. The molecule has 2 unspecified atom stereocenters. The summed E-state index contributed by atoms with van der Waals surface area (Å²) in [6.07, 6.45) is 1.14. The topological polar surface area (TPSA) is 51.8 Å². The van der Waals surface area contributed by atoms with Crippen molar-refractivity contribution in [1.82, 2.24) is 10.6 Å². The van der Waals surface area contributed by atoms with E-state index in [1.165, 1.54) is 5.56 Å². The number of nitrogens with one attached hydrogen (secondary N) is 2. The van der Waals surface area contributed by atoms with Gasteiger partial charge in [0.05, 0.1) is 0 Å².